The highest BCUT2D eigenvalue weighted by atomic mass is 35.5. The Morgan fingerprint density at radius 2 is 1.44 bits per heavy atom. The van der Waals surface area contributed by atoms with Gasteiger partial charge in [-0.3, -0.25) is 0 Å². The molecular weight excluding hydrogens is 379 g/mol. The van der Waals surface area contributed by atoms with Crippen LogP contribution in [0.25, 0.3) is 11.0 Å². The van der Waals surface area contributed by atoms with Crippen molar-refractivity contribution in [3.63, 3.8) is 0 Å². The minimum atomic E-state index is 0. The van der Waals surface area contributed by atoms with E-state index in [4.69, 9.17) is 4.42 Å². The number of fused-ring (bicyclic) bond motifs is 1. The van der Waals surface area contributed by atoms with Gasteiger partial charge in [0.1, 0.15) is 12.1 Å². The second-order valence-corrected chi connectivity index (χ2v) is 8.46. The van der Waals surface area contributed by atoms with Gasteiger partial charge in [-0.2, -0.15) is 0 Å². The van der Waals surface area contributed by atoms with Gasteiger partial charge < -0.3 is 38.2 Å². The average molecular weight is 417 g/mol. The molecule has 3 nitrogen and oxygen atoms in total. The Labute approximate surface area is 178 Å². The van der Waals surface area contributed by atoms with Crippen LogP contribution in [-0.4, -0.2) is 56.3 Å². The number of benzene rings is 1. The van der Waals surface area contributed by atoms with Crippen molar-refractivity contribution in [1.29, 1.82) is 0 Å². The Balaban J connectivity index is 0.00000338. The fourth-order valence-electron chi connectivity index (χ4n) is 3.39. The van der Waals surface area contributed by atoms with Gasteiger partial charge in [-0.05, 0) is 51.7 Å². The molecule has 0 aliphatic carbocycles. The van der Waals surface area contributed by atoms with Crippen molar-refractivity contribution in [3.05, 3.63) is 36.1 Å². The fraction of sp³-hybridized carbons (Fsp3) is 0.636. The predicted octanol–water partition coefficient (Wildman–Crippen LogP) is -0.936. The number of halogens is 2. The van der Waals surface area contributed by atoms with E-state index in [9.17, 15) is 0 Å². The van der Waals surface area contributed by atoms with E-state index in [2.05, 4.69) is 59.3 Å². The van der Waals surface area contributed by atoms with Gasteiger partial charge in [0.05, 0.1) is 47.3 Å². The summed E-state index contributed by atoms with van der Waals surface area (Å²) in [5, 5.41) is 1.22. The number of para-hydroxylation sites is 1. The quantitative estimate of drug-likeness (QED) is 0.340. The molecule has 5 heteroatoms. The molecule has 0 aliphatic heterocycles. The molecule has 0 aliphatic rings. The third-order valence-electron chi connectivity index (χ3n) is 5.85. The van der Waals surface area contributed by atoms with E-state index in [1.165, 1.54) is 50.7 Å². The number of hydrogen-bond donors (Lipinski definition) is 0. The summed E-state index contributed by atoms with van der Waals surface area (Å²) in [6, 6.07) is 10.5. The number of quaternary nitrogens is 2. The van der Waals surface area contributed by atoms with Gasteiger partial charge in [0.25, 0.3) is 0 Å². The molecule has 1 atom stereocenters. The SMILES string of the molecule is CC[N+](C)(C)CCCCCC[N+](C)(CC)Cc1cc2ccccc2o1.[Cl-].[Cl-]. The molecule has 0 N–H and O–H groups in total. The molecule has 2 rings (SSSR count). The number of rotatable bonds is 11. The van der Waals surface area contributed by atoms with Crippen LogP contribution in [-0.2, 0) is 6.54 Å². The van der Waals surface area contributed by atoms with E-state index >= 15 is 0 Å². The van der Waals surface area contributed by atoms with Gasteiger partial charge >= 0.3 is 0 Å². The molecule has 0 saturated carbocycles. The normalized spacial score (nSPS) is 13.7. The summed E-state index contributed by atoms with van der Waals surface area (Å²) in [7, 11) is 7.03. The monoisotopic (exact) mass is 416 g/mol. The van der Waals surface area contributed by atoms with Gasteiger partial charge in [0.2, 0.25) is 0 Å². The highest BCUT2D eigenvalue weighted by Crippen LogP contribution is 2.22. The van der Waals surface area contributed by atoms with Crippen molar-refractivity contribution in [1.82, 2.24) is 0 Å². The second kappa shape index (κ2) is 12.0. The number of furan rings is 1. The maximum absolute atomic E-state index is 6.04. The lowest BCUT2D eigenvalue weighted by Gasteiger charge is -2.32. The molecule has 27 heavy (non-hydrogen) atoms. The molecule has 0 amide bonds. The van der Waals surface area contributed by atoms with Gasteiger partial charge in [0, 0.05) is 5.39 Å². The van der Waals surface area contributed by atoms with Crippen LogP contribution in [0.5, 0.6) is 0 Å². The first-order valence-corrected chi connectivity index (χ1v) is 10.0. The second-order valence-electron chi connectivity index (χ2n) is 8.46. The third-order valence-corrected chi connectivity index (χ3v) is 5.85. The summed E-state index contributed by atoms with van der Waals surface area (Å²) in [4.78, 5) is 0. The van der Waals surface area contributed by atoms with Crippen molar-refractivity contribution < 1.29 is 38.2 Å². The molecule has 1 aromatic carbocycles. The molecule has 2 aromatic rings. The molecule has 1 unspecified atom stereocenters. The Kier molecular flexibility index (Phi) is 11.6. The average Bonchev–Trinajstić information content (AvgIpc) is 2.99. The van der Waals surface area contributed by atoms with Crippen LogP contribution in [0.2, 0.25) is 0 Å². The molecular formula is C22H38Cl2N2O. The predicted molar refractivity (Wildman–Crippen MR) is 107 cm³/mol. The molecule has 0 bridgehead atoms. The van der Waals surface area contributed by atoms with Crippen molar-refractivity contribution in [2.24, 2.45) is 0 Å². The third kappa shape index (κ3) is 8.43. The van der Waals surface area contributed by atoms with Crippen molar-refractivity contribution in [3.8, 4) is 0 Å². The topological polar surface area (TPSA) is 13.1 Å². The molecule has 0 radical (unpaired) electrons. The summed E-state index contributed by atoms with van der Waals surface area (Å²) in [6.07, 6.45) is 5.36. The first kappa shape index (κ1) is 26.3. The van der Waals surface area contributed by atoms with Crippen LogP contribution in [0, 0.1) is 0 Å². The summed E-state index contributed by atoms with van der Waals surface area (Å²) >= 11 is 0. The minimum absolute atomic E-state index is 0. The first-order chi connectivity index (χ1) is 11.9. The zero-order valence-electron chi connectivity index (χ0n) is 17.8. The van der Waals surface area contributed by atoms with E-state index < -0.39 is 0 Å². The molecule has 0 saturated heterocycles. The Morgan fingerprint density at radius 1 is 0.815 bits per heavy atom. The van der Waals surface area contributed by atoms with Gasteiger partial charge in [0.15, 0.2) is 5.76 Å². The number of unbranched alkanes of at least 4 members (excludes halogenated alkanes) is 3. The highest BCUT2D eigenvalue weighted by molar-refractivity contribution is 5.77. The lowest BCUT2D eigenvalue weighted by Crippen LogP contribution is -3.00. The van der Waals surface area contributed by atoms with Crippen LogP contribution in [0.3, 0.4) is 0 Å². The van der Waals surface area contributed by atoms with E-state index in [0.29, 0.717) is 0 Å². The molecule has 0 fully saturated rings. The summed E-state index contributed by atoms with van der Waals surface area (Å²) in [5.41, 5.74) is 1.01. The zero-order valence-corrected chi connectivity index (χ0v) is 19.3. The van der Waals surface area contributed by atoms with Crippen LogP contribution >= 0.6 is 0 Å². The molecule has 1 aromatic heterocycles. The van der Waals surface area contributed by atoms with Gasteiger partial charge in [-0.1, -0.05) is 18.2 Å². The summed E-state index contributed by atoms with van der Waals surface area (Å²) in [6.45, 7) is 10.5. The fourth-order valence-corrected chi connectivity index (χ4v) is 3.39. The highest BCUT2D eigenvalue weighted by Gasteiger charge is 2.21. The van der Waals surface area contributed by atoms with Crippen molar-refractivity contribution in [2.45, 2.75) is 46.1 Å². The smallest absolute Gasteiger partial charge is 0.159 e. The van der Waals surface area contributed by atoms with E-state index in [0.717, 1.165) is 33.4 Å². The van der Waals surface area contributed by atoms with E-state index in [-0.39, 0.29) is 24.8 Å². The van der Waals surface area contributed by atoms with Gasteiger partial charge in [-0.15, -0.1) is 0 Å². The number of nitrogens with zero attached hydrogens (tertiary/aromatic N) is 2. The minimum Gasteiger partial charge on any atom is -1.00 e. The lowest BCUT2D eigenvalue weighted by molar-refractivity contribution is -0.922. The Hall–Kier alpha value is -0.740. The summed E-state index contributed by atoms with van der Waals surface area (Å²) < 4.78 is 8.26. The van der Waals surface area contributed by atoms with Crippen LogP contribution in [0.1, 0.15) is 45.3 Å². The van der Waals surface area contributed by atoms with Crippen LogP contribution < -0.4 is 24.8 Å². The first-order valence-electron chi connectivity index (χ1n) is 10.0. The maximum Gasteiger partial charge on any atom is 0.159 e. The van der Waals surface area contributed by atoms with Crippen molar-refractivity contribution in [2.75, 3.05) is 47.3 Å². The molecule has 156 valence electrons. The zero-order chi connectivity index (χ0) is 18.3. The Bertz CT molecular complexity index is 624. The maximum atomic E-state index is 6.04. The summed E-state index contributed by atoms with van der Waals surface area (Å²) in [5.74, 6) is 1.12. The number of hydrogen-bond acceptors (Lipinski definition) is 1. The van der Waals surface area contributed by atoms with E-state index in [1.807, 2.05) is 6.07 Å². The van der Waals surface area contributed by atoms with E-state index in [1.54, 1.807) is 0 Å². The molecule has 0 spiro atoms. The lowest BCUT2D eigenvalue weighted by atomic mass is 10.1. The van der Waals surface area contributed by atoms with Crippen LogP contribution in [0.15, 0.2) is 34.7 Å². The Morgan fingerprint density at radius 3 is 2.04 bits per heavy atom. The molecule has 1 heterocycles. The van der Waals surface area contributed by atoms with Crippen molar-refractivity contribution >= 4 is 11.0 Å². The van der Waals surface area contributed by atoms with Gasteiger partial charge in [-0.25, -0.2) is 0 Å². The standard InChI is InChI=1S/C22H38N2O.2ClH/c1-6-23(3,4)16-12-8-9-13-17-24(5,7-2)19-21-18-20-14-10-11-15-22(20)25-21;;/h10-11,14-15,18H,6-9,12-13,16-17,19H2,1-5H3;2*1H/q+2;;/p-2. The van der Waals surface area contributed by atoms with Crippen LogP contribution in [0.4, 0.5) is 0 Å². The largest absolute Gasteiger partial charge is 1.00 e.